The molecule has 0 aliphatic heterocycles. The Morgan fingerprint density at radius 2 is 2.11 bits per heavy atom. The highest BCUT2D eigenvalue weighted by Crippen LogP contribution is 2.20. The maximum absolute atomic E-state index is 4.14. The predicted molar refractivity (Wildman–Crippen MR) is 73.4 cm³/mol. The van der Waals surface area contributed by atoms with E-state index < -0.39 is 0 Å². The molecule has 1 unspecified atom stereocenters. The normalized spacial score (nSPS) is 12.2. The minimum absolute atomic E-state index is 0.0198. The molecular weight excluding hydrogens is 238 g/mol. The smallest absolute Gasteiger partial charge is 0.260 e. The molecule has 2 aromatic heterocycles. The lowest BCUT2D eigenvalue weighted by Gasteiger charge is -2.11. The van der Waals surface area contributed by atoms with Crippen LogP contribution in [0.2, 0.25) is 0 Å². The predicted octanol–water partition coefficient (Wildman–Crippen LogP) is 2.11. The van der Waals surface area contributed by atoms with Gasteiger partial charge in [-0.3, -0.25) is 5.32 Å². The van der Waals surface area contributed by atoms with Crippen LogP contribution in [0, 0.1) is 0 Å². The molecule has 0 bridgehead atoms. The van der Waals surface area contributed by atoms with Crippen molar-refractivity contribution in [1.29, 1.82) is 0 Å². The van der Waals surface area contributed by atoms with Gasteiger partial charge in [-0.1, -0.05) is 48.0 Å². The number of aromatic amines is 2. The Labute approximate surface area is 110 Å². The molecule has 0 saturated heterocycles. The highest BCUT2D eigenvalue weighted by Gasteiger charge is 2.16. The SMILES string of the molecule is C=CC(Nc1[nH+]cnc2nc[nH]c12)c1ccccc1. The van der Waals surface area contributed by atoms with E-state index in [1.165, 1.54) is 0 Å². The first-order valence-corrected chi connectivity index (χ1v) is 6.02. The third-order valence-corrected chi connectivity index (χ3v) is 2.96. The first-order chi connectivity index (χ1) is 9.38. The van der Waals surface area contributed by atoms with E-state index in [0.717, 1.165) is 16.9 Å². The topological polar surface area (TPSA) is 67.7 Å². The van der Waals surface area contributed by atoms with Crippen molar-refractivity contribution in [3.8, 4) is 0 Å². The number of anilines is 1. The molecule has 0 radical (unpaired) electrons. The Morgan fingerprint density at radius 1 is 1.26 bits per heavy atom. The Kier molecular flexibility index (Phi) is 2.94. The lowest BCUT2D eigenvalue weighted by Crippen LogP contribution is -2.17. The summed E-state index contributed by atoms with van der Waals surface area (Å²) in [5.74, 6) is 0.844. The summed E-state index contributed by atoms with van der Waals surface area (Å²) in [6.07, 6.45) is 5.12. The van der Waals surface area contributed by atoms with Crippen molar-refractivity contribution < 1.29 is 4.98 Å². The van der Waals surface area contributed by atoms with Crippen LogP contribution in [0.5, 0.6) is 0 Å². The van der Waals surface area contributed by atoms with E-state index in [9.17, 15) is 0 Å². The molecule has 5 nitrogen and oxygen atoms in total. The zero-order chi connectivity index (χ0) is 13.1. The monoisotopic (exact) mass is 252 g/mol. The van der Waals surface area contributed by atoms with Gasteiger partial charge >= 0.3 is 0 Å². The third-order valence-electron chi connectivity index (χ3n) is 2.96. The van der Waals surface area contributed by atoms with Gasteiger partial charge in [-0.25, -0.2) is 9.97 Å². The van der Waals surface area contributed by atoms with Gasteiger partial charge < -0.3 is 4.98 Å². The maximum Gasteiger partial charge on any atom is 0.260 e. The van der Waals surface area contributed by atoms with Crippen molar-refractivity contribution in [2.75, 3.05) is 5.32 Å². The second kappa shape index (κ2) is 4.89. The summed E-state index contributed by atoms with van der Waals surface area (Å²) >= 11 is 0. The van der Waals surface area contributed by atoms with E-state index in [1.807, 2.05) is 24.3 Å². The molecule has 3 rings (SSSR count). The standard InChI is InChI=1S/C14H13N5/c1-2-11(10-6-4-3-5-7-10)19-14-12-13(16-8-15-12)17-9-18-14/h2-9,11H,1H2,(H2,15,16,17,18,19)/p+1. The molecule has 2 heterocycles. The van der Waals surface area contributed by atoms with E-state index in [0.29, 0.717) is 5.65 Å². The van der Waals surface area contributed by atoms with Crippen LogP contribution in [-0.4, -0.2) is 15.0 Å². The van der Waals surface area contributed by atoms with Gasteiger partial charge in [0.15, 0.2) is 5.52 Å². The Hall–Kier alpha value is -2.69. The molecule has 0 amide bonds. The highest BCUT2D eigenvalue weighted by atomic mass is 15.1. The zero-order valence-corrected chi connectivity index (χ0v) is 10.3. The number of fused-ring (bicyclic) bond motifs is 1. The second-order valence-corrected chi connectivity index (χ2v) is 4.15. The minimum Gasteiger partial charge on any atom is -0.336 e. The molecule has 1 aromatic carbocycles. The van der Waals surface area contributed by atoms with Crippen molar-refractivity contribution in [2.24, 2.45) is 0 Å². The van der Waals surface area contributed by atoms with Crippen LogP contribution in [0.3, 0.4) is 0 Å². The van der Waals surface area contributed by atoms with E-state index in [4.69, 9.17) is 0 Å². The van der Waals surface area contributed by atoms with Crippen LogP contribution in [0.4, 0.5) is 5.82 Å². The van der Waals surface area contributed by atoms with Crippen LogP contribution < -0.4 is 10.3 Å². The molecule has 0 aliphatic carbocycles. The fraction of sp³-hybridized carbons (Fsp3) is 0.0714. The molecule has 1 atom stereocenters. The number of benzene rings is 1. The van der Waals surface area contributed by atoms with Crippen molar-refractivity contribution in [3.63, 3.8) is 0 Å². The summed E-state index contributed by atoms with van der Waals surface area (Å²) in [7, 11) is 0. The summed E-state index contributed by atoms with van der Waals surface area (Å²) < 4.78 is 0. The average molecular weight is 252 g/mol. The number of hydrogen-bond acceptors (Lipinski definition) is 3. The van der Waals surface area contributed by atoms with Crippen LogP contribution in [0.25, 0.3) is 11.2 Å². The summed E-state index contributed by atoms with van der Waals surface area (Å²) in [6, 6.07) is 10.2. The second-order valence-electron chi connectivity index (χ2n) is 4.15. The van der Waals surface area contributed by atoms with Crippen molar-refractivity contribution >= 4 is 17.0 Å². The number of hydrogen-bond donors (Lipinski definition) is 2. The number of nitrogens with zero attached hydrogens (tertiary/aromatic N) is 2. The van der Waals surface area contributed by atoms with Crippen molar-refractivity contribution in [1.82, 2.24) is 15.0 Å². The molecule has 5 heteroatoms. The molecule has 19 heavy (non-hydrogen) atoms. The van der Waals surface area contributed by atoms with Gasteiger partial charge in [0, 0.05) is 0 Å². The third kappa shape index (κ3) is 2.18. The summed E-state index contributed by atoms with van der Waals surface area (Å²) in [5.41, 5.74) is 2.68. The van der Waals surface area contributed by atoms with E-state index in [2.05, 4.69) is 44.0 Å². The summed E-state index contributed by atoms with van der Waals surface area (Å²) in [5, 5.41) is 3.39. The number of aromatic nitrogens is 4. The first kappa shape index (κ1) is 11.4. The van der Waals surface area contributed by atoms with Crippen LogP contribution in [0.1, 0.15) is 11.6 Å². The van der Waals surface area contributed by atoms with E-state index >= 15 is 0 Å². The number of H-pyrrole nitrogens is 2. The largest absolute Gasteiger partial charge is 0.336 e. The molecule has 0 aliphatic rings. The molecule has 3 aromatic rings. The van der Waals surface area contributed by atoms with Gasteiger partial charge in [-0.15, -0.1) is 0 Å². The van der Waals surface area contributed by atoms with Gasteiger partial charge in [0.1, 0.15) is 6.04 Å². The fourth-order valence-electron chi connectivity index (χ4n) is 2.01. The Bertz CT molecular complexity index is 689. The summed E-state index contributed by atoms with van der Waals surface area (Å²) in [4.78, 5) is 14.4. The molecule has 0 saturated carbocycles. The van der Waals surface area contributed by atoms with Gasteiger partial charge in [0.25, 0.3) is 5.65 Å². The number of nitrogens with one attached hydrogen (secondary N) is 3. The van der Waals surface area contributed by atoms with Gasteiger partial charge in [-0.05, 0) is 5.56 Å². The van der Waals surface area contributed by atoms with Crippen molar-refractivity contribution in [2.45, 2.75) is 6.04 Å². The number of imidazole rings is 1. The van der Waals surface area contributed by atoms with Crippen molar-refractivity contribution in [3.05, 3.63) is 61.2 Å². The molecule has 0 spiro atoms. The Morgan fingerprint density at radius 3 is 2.89 bits per heavy atom. The molecular formula is C14H14N5+. The highest BCUT2D eigenvalue weighted by molar-refractivity contribution is 5.80. The lowest BCUT2D eigenvalue weighted by molar-refractivity contribution is -0.364. The summed E-state index contributed by atoms with van der Waals surface area (Å²) in [6.45, 7) is 3.88. The Balaban J connectivity index is 1.95. The van der Waals surface area contributed by atoms with E-state index in [-0.39, 0.29) is 6.04 Å². The molecule has 94 valence electrons. The minimum atomic E-state index is 0.0198. The maximum atomic E-state index is 4.14. The van der Waals surface area contributed by atoms with E-state index in [1.54, 1.807) is 12.7 Å². The fourth-order valence-corrected chi connectivity index (χ4v) is 2.01. The first-order valence-electron chi connectivity index (χ1n) is 6.02. The molecule has 3 N–H and O–H groups in total. The van der Waals surface area contributed by atoms with Crippen LogP contribution in [-0.2, 0) is 0 Å². The van der Waals surface area contributed by atoms with Crippen LogP contribution >= 0.6 is 0 Å². The zero-order valence-electron chi connectivity index (χ0n) is 10.3. The van der Waals surface area contributed by atoms with Gasteiger partial charge in [0.2, 0.25) is 12.1 Å². The average Bonchev–Trinajstić information content (AvgIpc) is 2.95. The van der Waals surface area contributed by atoms with Gasteiger partial charge in [0.05, 0.1) is 6.33 Å². The number of rotatable bonds is 4. The lowest BCUT2D eigenvalue weighted by atomic mass is 10.1. The quantitative estimate of drug-likeness (QED) is 0.699. The van der Waals surface area contributed by atoms with Crippen LogP contribution in [0.15, 0.2) is 55.6 Å². The molecule has 0 fully saturated rings. The van der Waals surface area contributed by atoms with Gasteiger partial charge in [-0.2, -0.15) is 0 Å².